The molecule has 0 N–H and O–H groups in total. The minimum Gasteiger partial charge on any atom is -0.405 e. The van der Waals surface area contributed by atoms with Gasteiger partial charge in [-0.15, -0.1) is 24.8 Å². The highest BCUT2D eigenvalue weighted by Gasteiger charge is 2.32. The van der Waals surface area contributed by atoms with Crippen molar-refractivity contribution in [2.45, 2.75) is 12.2 Å². The molecule has 106 valence electrons. The summed E-state index contributed by atoms with van der Waals surface area (Å²) in [4.78, 5) is 0. The summed E-state index contributed by atoms with van der Waals surface area (Å²) in [5.41, 5.74) is 1.49. The number of benzene rings is 2. The van der Waals surface area contributed by atoms with Crippen molar-refractivity contribution in [3.63, 3.8) is 0 Å². The van der Waals surface area contributed by atoms with Crippen molar-refractivity contribution in [1.29, 1.82) is 0 Å². The van der Waals surface area contributed by atoms with Gasteiger partial charge in [-0.3, -0.25) is 0 Å². The Labute approximate surface area is 123 Å². The minimum atomic E-state index is -4.75. The third kappa shape index (κ3) is 3.58. The fraction of sp³-hybridized carbons (Fsp3) is 0.143. The molecule has 0 saturated heterocycles. The summed E-state index contributed by atoms with van der Waals surface area (Å²) in [6.45, 7) is 0. The predicted octanol–water partition coefficient (Wildman–Crippen LogP) is 5.64. The zero-order chi connectivity index (χ0) is 14.8. The van der Waals surface area contributed by atoms with Crippen LogP contribution in [-0.2, 0) is 5.88 Å². The maximum absolute atomic E-state index is 12.4. The van der Waals surface area contributed by atoms with E-state index in [2.05, 4.69) is 4.74 Å². The predicted molar refractivity (Wildman–Crippen MR) is 73.1 cm³/mol. The molecular formula is C14H9Cl2F3O. The number of hydrogen-bond donors (Lipinski definition) is 0. The zero-order valence-corrected chi connectivity index (χ0v) is 11.6. The van der Waals surface area contributed by atoms with Crippen LogP contribution in [0.15, 0.2) is 42.5 Å². The number of halogens is 5. The van der Waals surface area contributed by atoms with Gasteiger partial charge < -0.3 is 4.74 Å². The molecule has 0 bridgehead atoms. The second-order valence-corrected chi connectivity index (χ2v) is 4.68. The SMILES string of the molecule is FC(F)(F)Oc1ccccc1-c1cc(Cl)ccc1CCl. The average Bonchev–Trinajstić information content (AvgIpc) is 2.37. The van der Waals surface area contributed by atoms with Crippen LogP contribution < -0.4 is 4.74 Å². The first-order valence-corrected chi connectivity index (χ1v) is 6.51. The highest BCUT2D eigenvalue weighted by molar-refractivity contribution is 6.31. The molecule has 0 fully saturated rings. The third-order valence-corrected chi connectivity index (χ3v) is 3.14. The number of rotatable bonds is 3. The van der Waals surface area contributed by atoms with Crippen molar-refractivity contribution in [3.8, 4) is 16.9 Å². The molecule has 1 nitrogen and oxygen atoms in total. The van der Waals surface area contributed by atoms with Gasteiger partial charge in [0.1, 0.15) is 5.75 Å². The Morgan fingerprint density at radius 3 is 2.35 bits per heavy atom. The van der Waals surface area contributed by atoms with E-state index in [1.165, 1.54) is 18.2 Å². The standard InChI is InChI=1S/C14H9Cl2F3O/c15-8-9-5-6-10(16)7-12(9)11-3-1-2-4-13(11)20-14(17,18)19/h1-7H,8H2. The van der Waals surface area contributed by atoms with Gasteiger partial charge in [-0.25, -0.2) is 0 Å². The monoisotopic (exact) mass is 320 g/mol. The highest BCUT2D eigenvalue weighted by atomic mass is 35.5. The molecule has 0 aliphatic heterocycles. The van der Waals surface area contributed by atoms with E-state index in [9.17, 15) is 13.2 Å². The molecule has 0 atom stereocenters. The minimum absolute atomic E-state index is 0.160. The second kappa shape index (κ2) is 5.94. The second-order valence-electron chi connectivity index (χ2n) is 3.98. The van der Waals surface area contributed by atoms with Crippen molar-refractivity contribution in [2.24, 2.45) is 0 Å². The van der Waals surface area contributed by atoms with E-state index in [0.717, 1.165) is 0 Å². The maximum Gasteiger partial charge on any atom is 0.573 e. The molecule has 2 aromatic carbocycles. The Bertz CT molecular complexity index is 612. The molecule has 20 heavy (non-hydrogen) atoms. The van der Waals surface area contributed by atoms with E-state index in [1.807, 2.05) is 0 Å². The molecule has 0 aliphatic carbocycles. The van der Waals surface area contributed by atoms with Gasteiger partial charge in [0, 0.05) is 16.5 Å². The van der Waals surface area contributed by atoms with Gasteiger partial charge in [0.2, 0.25) is 0 Å². The van der Waals surface area contributed by atoms with E-state index >= 15 is 0 Å². The summed E-state index contributed by atoms with van der Waals surface area (Å²) in [6.07, 6.45) is -4.75. The van der Waals surface area contributed by atoms with E-state index in [-0.39, 0.29) is 11.6 Å². The molecule has 0 heterocycles. The van der Waals surface area contributed by atoms with Crippen LogP contribution in [0.5, 0.6) is 5.75 Å². The summed E-state index contributed by atoms with van der Waals surface area (Å²) in [6, 6.07) is 10.8. The van der Waals surface area contributed by atoms with Crippen LogP contribution in [0.1, 0.15) is 5.56 Å². The summed E-state index contributed by atoms with van der Waals surface area (Å²) in [7, 11) is 0. The van der Waals surface area contributed by atoms with Crippen molar-refractivity contribution >= 4 is 23.2 Å². The van der Waals surface area contributed by atoms with Crippen LogP contribution in [0.25, 0.3) is 11.1 Å². The van der Waals surface area contributed by atoms with Gasteiger partial charge in [0.15, 0.2) is 0 Å². The molecule has 0 saturated carbocycles. The Morgan fingerprint density at radius 1 is 1.00 bits per heavy atom. The van der Waals surface area contributed by atoms with Crippen LogP contribution in [0.4, 0.5) is 13.2 Å². The fourth-order valence-electron chi connectivity index (χ4n) is 1.82. The first-order valence-electron chi connectivity index (χ1n) is 5.60. The summed E-state index contributed by atoms with van der Waals surface area (Å²) < 4.78 is 41.3. The van der Waals surface area contributed by atoms with Crippen molar-refractivity contribution < 1.29 is 17.9 Å². The Kier molecular flexibility index (Phi) is 4.45. The van der Waals surface area contributed by atoms with E-state index in [1.54, 1.807) is 24.3 Å². The lowest BCUT2D eigenvalue weighted by Crippen LogP contribution is -2.17. The Balaban J connectivity index is 2.55. The number of para-hydroxylation sites is 1. The van der Waals surface area contributed by atoms with E-state index < -0.39 is 6.36 Å². The molecular weight excluding hydrogens is 312 g/mol. The fourth-order valence-corrected chi connectivity index (χ4v) is 2.22. The quantitative estimate of drug-likeness (QED) is 0.664. The van der Waals surface area contributed by atoms with Crippen molar-refractivity contribution in [2.75, 3.05) is 0 Å². The van der Waals surface area contributed by atoms with Crippen LogP contribution in [0.3, 0.4) is 0 Å². The van der Waals surface area contributed by atoms with E-state index in [0.29, 0.717) is 21.7 Å². The third-order valence-electron chi connectivity index (χ3n) is 2.62. The number of hydrogen-bond acceptors (Lipinski definition) is 1. The summed E-state index contributed by atoms with van der Waals surface area (Å²) in [5.74, 6) is -0.124. The lowest BCUT2D eigenvalue weighted by molar-refractivity contribution is -0.274. The van der Waals surface area contributed by atoms with Gasteiger partial charge in [-0.2, -0.15) is 0 Å². The largest absolute Gasteiger partial charge is 0.573 e. The molecule has 0 unspecified atom stereocenters. The van der Waals surface area contributed by atoms with Gasteiger partial charge in [0.05, 0.1) is 0 Å². The van der Waals surface area contributed by atoms with Crippen LogP contribution in [0, 0.1) is 0 Å². The lowest BCUT2D eigenvalue weighted by Gasteiger charge is -2.15. The Hall–Kier alpha value is -1.39. The molecule has 0 aliphatic rings. The van der Waals surface area contributed by atoms with Crippen LogP contribution in [-0.4, -0.2) is 6.36 Å². The van der Waals surface area contributed by atoms with Crippen LogP contribution >= 0.6 is 23.2 Å². The average molecular weight is 321 g/mol. The smallest absolute Gasteiger partial charge is 0.405 e. The molecule has 0 spiro atoms. The normalized spacial score (nSPS) is 11.4. The summed E-state index contributed by atoms with van der Waals surface area (Å²) >= 11 is 11.7. The van der Waals surface area contributed by atoms with Gasteiger partial charge >= 0.3 is 6.36 Å². The number of alkyl halides is 4. The van der Waals surface area contributed by atoms with Crippen LogP contribution in [0.2, 0.25) is 5.02 Å². The molecule has 6 heteroatoms. The molecule has 2 aromatic rings. The molecule has 0 aromatic heterocycles. The van der Waals surface area contributed by atoms with Crippen molar-refractivity contribution in [3.05, 3.63) is 53.1 Å². The highest BCUT2D eigenvalue weighted by Crippen LogP contribution is 2.37. The van der Waals surface area contributed by atoms with Gasteiger partial charge in [-0.1, -0.05) is 35.9 Å². The first-order chi connectivity index (χ1) is 9.40. The molecule has 0 amide bonds. The van der Waals surface area contributed by atoms with Gasteiger partial charge in [-0.05, 0) is 29.3 Å². The maximum atomic E-state index is 12.4. The Morgan fingerprint density at radius 2 is 1.70 bits per heavy atom. The molecule has 2 rings (SSSR count). The first kappa shape index (κ1) is 15.0. The van der Waals surface area contributed by atoms with E-state index in [4.69, 9.17) is 23.2 Å². The van der Waals surface area contributed by atoms with Crippen molar-refractivity contribution in [1.82, 2.24) is 0 Å². The summed E-state index contributed by atoms with van der Waals surface area (Å²) in [5, 5.41) is 0.413. The topological polar surface area (TPSA) is 9.23 Å². The number of ether oxygens (including phenoxy) is 1. The molecule has 0 radical (unpaired) electrons. The lowest BCUT2D eigenvalue weighted by atomic mass is 10.00. The zero-order valence-electron chi connectivity index (χ0n) is 10.0. The van der Waals surface area contributed by atoms with Gasteiger partial charge in [0.25, 0.3) is 0 Å².